The van der Waals surface area contributed by atoms with Crippen molar-refractivity contribution in [2.24, 2.45) is 0 Å². The van der Waals surface area contributed by atoms with Gasteiger partial charge in [-0.15, -0.1) is 0 Å². The van der Waals surface area contributed by atoms with Gasteiger partial charge in [0.05, 0.1) is 33.6 Å². The molecule has 0 radical (unpaired) electrons. The van der Waals surface area contributed by atoms with Crippen LogP contribution in [0, 0.1) is 0 Å². The molecular formula is C78H44N4. The lowest BCUT2D eigenvalue weighted by Gasteiger charge is -2.19. The van der Waals surface area contributed by atoms with Crippen molar-refractivity contribution in [1.29, 1.82) is 0 Å². The second-order valence-electron chi connectivity index (χ2n) is 22.0. The molecule has 0 aliphatic carbocycles. The number of rotatable bonds is 6. The number of pyridine rings is 2. The normalized spacial score (nSPS) is 12.1. The summed E-state index contributed by atoms with van der Waals surface area (Å²) < 4.78 is 0. The van der Waals surface area contributed by atoms with Crippen LogP contribution < -0.4 is 0 Å². The van der Waals surface area contributed by atoms with Crippen LogP contribution in [0.25, 0.3) is 186 Å². The molecule has 0 bridgehead atoms. The molecule has 0 atom stereocenters. The summed E-state index contributed by atoms with van der Waals surface area (Å²) in [5, 5.41) is 22.8. The number of aromatic nitrogens is 4. The van der Waals surface area contributed by atoms with Crippen molar-refractivity contribution in [3.8, 4) is 67.4 Å². The zero-order chi connectivity index (χ0) is 53.6. The van der Waals surface area contributed by atoms with E-state index in [9.17, 15) is 0 Å². The number of benzene rings is 15. The van der Waals surface area contributed by atoms with Crippen molar-refractivity contribution >= 4 is 119 Å². The molecule has 4 heteroatoms. The van der Waals surface area contributed by atoms with Crippen LogP contribution in [-0.4, -0.2) is 19.9 Å². The third-order valence-electron chi connectivity index (χ3n) is 17.5. The van der Waals surface area contributed by atoms with Gasteiger partial charge in [0, 0.05) is 54.7 Å². The zero-order valence-electron chi connectivity index (χ0n) is 44.2. The summed E-state index contributed by atoms with van der Waals surface area (Å²) in [6, 6.07) is 97.1. The third-order valence-corrected chi connectivity index (χ3v) is 17.5. The average molecular weight is 1040 g/mol. The number of nitrogens with zero attached hydrogens (tertiary/aromatic N) is 4. The van der Waals surface area contributed by atoms with E-state index < -0.39 is 0 Å². The van der Waals surface area contributed by atoms with Gasteiger partial charge < -0.3 is 0 Å². The fourth-order valence-electron chi connectivity index (χ4n) is 13.7. The Kier molecular flexibility index (Phi) is 9.48. The largest absolute Gasteiger partial charge is 0.247 e. The molecule has 4 nitrogen and oxygen atoms in total. The lowest BCUT2D eigenvalue weighted by atomic mass is 9.86. The minimum Gasteiger partial charge on any atom is -0.247 e. The number of hydrogen-bond acceptors (Lipinski definition) is 4. The summed E-state index contributed by atoms with van der Waals surface area (Å²) in [6.07, 6.45) is 0. The van der Waals surface area contributed by atoms with Gasteiger partial charge in [-0.25, -0.2) is 19.9 Å². The van der Waals surface area contributed by atoms with E-state index in [1.807, 2.05) is 0 Å². The van der Waals surface area contributed by atoms with Gasteiger partial charge in [0.15, 0.2) is 5.82 Å². The van der Waals surface area contributed by atoms with Crippen molar-refractivity contribution in [1.82, 2.24) is 19.9 Å². The Morgan fingerprint density at radius 2 is 0.585 bits per heavy atom. The van der Waals surface area contributed by atoms with Crippen molar-refractivity contribution in [2.75, 3.05) is 0 Å². The smallest absolute Gasteiger partial charge is 0.160 e. The van der Waals surface area contributed by atoms with Gasteiger partial charge in [-0.05, 0) is 116 Å². The van der Waals surface area contributed by atoms with Gasteiger partial charge >= 0.3 is 0 Å². The van der Waals surface area contributed by atoms with Gasteiger partial charge in [0.1, 0.15) is 0 Å². The van der Waals surface area contributed by atoms with E-state index in [4.69, 9.17) is 19.9 Å². The topological polar surface area (TPSA) is 51.6 Å². The molecule has 0 saturated carbocycles. The summed E-state index contributed by atoms with van der Waals surface area (Å²) in [5.74, 6) is 0.645. The lowest BCUT2D eigenvalue weighted by molar-refractivity contribution is 1.23. The second-order valence-corrected chi connectivity index (χ2v) is 22.0. The van der Waals surface area contributed by atoms with Crippen LogP contribution in [0.15, 0.2) is 267 Å². The fourth-order valence-corrected chi connectivity index (χ4v) is 13.7. The molecule has 18 aromatic rings. The molecule has 0 amide bonds. The Hall–Kier alpha value is -10.9. The Morgan fingerprint density at radius 1 is 0.195 bits per heavy atom. The highest BCUT2D eigenvalue weighted by Gasteiger charge is 2.23. The van der Waals surface area contributed by atoms with Crippen molar-refractivity contribution < 1.29 is 0 Å². The highest BCUT2D eigenvalue weighted by atomic mass is 14.9. The molecular weight excluding hydrogens is 993 g/mol. The molecule has 15 aromatic carbocycles. The minimum absolute atomic E-state index is 0.645. The van der Waals surface area contributed by atoms with E-state index >= 15 is 0 Å². The lowest BCUT2D eigenvalue weighted by Crippen LogP contribution is -1.99. The highest BCUT2D eigenvalue weighted by Crippen LogP contribution is 2.47. The Bertz CT molecular complexity index is 5660. The average Bonchev–Trinajstić information content (AvgIpc) is 2.16. The number of fused-ring (bicyclic) bond motifs is 7. The first kappa shape index (κ1) is 45.0. The van der Waals surface area contributed by atoms with Crippen LogP contribution in [0.4, 0.5) is 0 Å². The first-order valence-corrected chi connectivity index (χ1v) is 28.1. The third kappa shape index (κ3) is 6.67. The van der Waals surface area contributed by atoms with Gasteiger partial charge in [0.2, 0.25) is 0 Å². The monoisotopic (exact) mass is 1040 g/mol. The molecule has 18 rings (SSSR count). The molecule has 3 aromatic heterocycles. The molecule has 0 aliphatic rings. The van der Waals surface area contributed by atoms with Crippen LogP contribution in [0.2, 0.25) is 0 Å². The Morgan fingerprint density at radius 3 is 1.10 bits per heavy atom. The summed E-state index contributed by atoms with van der Waals surface area (Å²) >= 11 is 0. The first-order valence-electron chi connectivity index (χ1n) is 28.1. The molecule has 0 unspecified atom stereocenters. The molecule has 0 N–H and O–H groups in total. The minimum atomic E-state index is 0.645. The van der Waals surface area contributed by atoms with Crippen LogP contribution >= 0.6 is 0 Å². The van der Waals surface area contributed by atoms with Crippen molar-refractivity contribution in [2.45, 2.75) is 0 Å². The number of para-hydroxylation sites is 2. The maximum absolute atomic E-state index is 5.77. The predicted molar refractivity (Wildman–Crippen MR) is 345 cm³/mol. The van der Waals surface area contributed by atoms with Crippen LogP contribution in [0.5, 0.6) is 0 Å². The van der Waals surface area contributed by atoms with Crippen LogP contribution in [0.3, 0.4) is 0 Å². The SMILES string of the molecule is c1cc2ccc3ccc(-c4cc(-c5ccc6ccc7cccc8ccc5c6c78)c5nc(-c6ccc(-c7nc8ccccc8c8ccccc78)cc6)nc(-c6ccc(-c7nc8ccccc8c8ccccc78)cc6)c5c4)c4ccc(c1)c2c34. The maximum Gasteiger partial charge on any atom is 0.160 e. The highest BCUT2D eigenvalue weighted by molar-refractivity contribution is 6.28. The molecule has 3 heterocycles. The molecule has 0 aliphatic heterocycles. The van der Waals surface area contributed by atoms with Crippen LogP contribution in [-0.2, 0) is 0 Å². The standard InChI is InChI=1S/C78H44N4/c1-3-19-64-57(15-1)60-17-5-7-21-68(60)79-74(64)51-27-29-53(30-28-51)76-67-44-55(56-39-35-49-25-23-45-11-9-13-47-37-41-62(56)72(49)70(45)47)43-66(59-40-36-50-26-24-46-12-10-14-48-38-42-63(59)73(50)71(46)48)77(67)82-78(81-76)54-33-31-52(32-34-54)75-65-20-4-2-16-58(65)61-18-6-8-22-69(61)80-75/h1-44H. The molecule has 0 saturated heterocycles. The van der Waals surface area contributed by atoms with E-state index in [2.05, 4.69) is 267 Å². The van der Waals surface area contributed by atoms with E-state index in [1.54, 1.807) is 0 Å². The molecule has 376 valence electrons. The second kappa shape index (κ2) is 17.3. The van der Waals surface area contributed by atoms with Crippen molar-refractivity contribution in [3.63, 3.8) is 0 Å². The summed E-state index contributed by atoms with van der Waals surface area (Å²) in [5.41, 5.74) is 14.0. The summed E-state index contributed by atoms with van der Waals surface area (Å²) in [6.45, 7) is 0. The van der Waals surface area contributed by atoms with E-state index in [-0.39, 0.29) is 0 Å². The van der Waals surface area contributed by atoms with Gasteiger partial charge in [-0.1, -0.05) is 243 Å². The summed E-state index contributed by atoms with van der Waals surface area (Å²) in [4.78, 5) is 22.1. The number of hydrogen-bond donors (Lipinski definition) is 0. The molecule has 0 spiro atoms. The van der Waals surface area contributed by atoms with E-state index in [1.165, 1.54) is 75.4 Å². The Labute approximate surface area is 470 Å². The quantitative estimate of drug-likeness (QED) is 0.156. The molecule has 0 fully saturated rings. The molecule has 82 heavy (non-hydrogen) atoms. The Balaban J connectivity index is 0.910. The van der Waals surface area contributed by atoms with Gasteiger partial charge in [0.25, 0.3) is 0 Å². The fraction of sp³-hybridized carbons (Fsp3) is 0. The van der Waals surface area contributed by atoms with Gasteiger partial charge in [-0.3, -0.25) is 0 Å². The zero-order valence-corrected chi connectivity index (χ0v) is 44.2. The van der Waals surface area contributed by atoms with E-state index in [0.29, 0.717) is 5.82 Å². The van der Waals surface area contributed by atoms with Gasteiger partial charge in [-0.2, -0.15) is 0 Å². The maximum atomic E-state index is 5.77. The van der Waals surface area contributed by atoms with Crippen LogP contribution in [0.1, 0.15) is 0 Å². The predicted octanol–water partition coefficient (Wildman–Crippen LogP) is 20.8. The first-order chi connectivity index (χ1) is 40.6. The van der Waals surface area contributed by atoms with Crippen molar-refractivity contribution in [3.05, 3.63) is 267 Å². The van der Waals surface area contributed by atoms with E-state index in [0.717, 1.165) is 105 Å². The summed E-state index contributed by atoms with van der Waals surface area (Å²) in [7, 11) is 0.